The molecule has 0 aliphatic carbocycles. The largest absolute Gasteiger partial charge is 0.153 e. The van der Waals surface area contributed by atoms with Gasteiger partial charge in [0.1, 0.15) is 0 Å². The van der Waals surface area contributed by atoms with Gasteiger partial charge in [-0.3, -0.25) is 0 Å². The molecule has 0 N–H and O–H groups in total. The van der Waals surface area contributed by atoms with Crippen LogP contribution in [0.5, 0.6) is 0 Å². The zero-order valence-electron chi connectivity index (χ0n) is 7.18. The highest BCUT2D eigenvalue weighted by molar-refractivity contribution is 8.01. The Kier molecular flexibility index (Phi) is 2.77. The summed E-state index contributed by atoms with van der Waals surface area (Å²) in [6.45, 7) is 2.18. The molecule has 69 valence electrons. The Bertz CT molecular complexity index is 304. The number of rotatable bonds is 1. The molecule has 1 aliphatic heterocycles. The minimum atomic E-state index is 0.510. The van der Waals surface area contributed by atoms with Gasteiger partial charge in [0.05, 0.1) is 0 Å². The summed E-state index contributed by atoms with van der Waals surface area (Å²) in [5, 5.41) is 1.96. The Hall–Kier alpha value is 0.150. The van der Waals surface area contributed by atoms with Gasteiger partial charge >= 0.3 is 0 Å². The molecule has 13 heavy (non-hydrogen) atoms. The number of benzene rings is 1. The number of hydrogen-bond donors (Lipinski definition) is 0. The van der Waals surface area contributed by atoms with E-state index in [-0.39, 0.29) is 0 Å². The molecule has 1 saturated heterocycles. The summed E-state index contributed by atoms with van der Waals surface area (Å²) in [5.41, 5.74) is 1.23. The minimum Gasteiger partial charge on any atom is -0.153 e. The third-order valence-corrected chi connectivity index (χ3v) is 4.18. The van der Waals surface area contributed by atoms with Crippen molar-refractivity contribution in [2.45, 2.75) is 12.2 Å². The lowest BCUT2D eigenvalue weighted by molar-refractivity contribution is 0.891. The van der Waals surface area contributed by atoms with E-state index in [1.807, 2.05) is 23.9 Å². The van der Waals surface area contributed by atoms with Crippen molar-refractivity contribution in [1.29, 1.82) is 0 Å². The first kappa shape index (κ1) is 9.70. The predicted molar refractivity (Wildman–Crippen MR) is 60.6 cm³/mol. The molecule has 0 amide bonds. The molecule has 3 heteroatoms. The first-order valence-corrected chi connectivity index (χ1v) is 5.87. The van der Waals surface area contributed by atoms with Crippen molar-refractivity contribution in [3.8, 4) is 0 Å². The quantitative estimate of drug-likeness (QED) is 0.692. The second-order valence-corrected chi connectivity index (χ2v) is 5.21. The van der Waals surface area contributed by atoms with Crippen LogP contribution in [0.25, 0.3) is 0 Å². The molecule has 2 rings (SSSR count). The molecule has 0 aromatic heterocycles. The molecule has 1 fully saturated rings. The van der Waals surface area contributed by atoms with Crippen molar-refractivity contribution in [1.82, 2.24) is 0 Å². The lowest BCUT2D eigenvalue weighted by atomic mass is 10.0. The molecular weight excluding hydrogens is 223 g/mol. The first-order chi connectivity index (χ1) is 6.16. The fourth-order valence-electron chi connectivity index (χ4n) is 1.44. The normalized spacial score (nSPS) is 22.8. The van der Waals surface area contributed by atoms with Crippen molar-refractivity contribution < 1.29 is 0 Å². The van der Waals surface area contributed by atoms with Crippen molar-refractivity contribution in [3.05, 3.63) is 39.7 Å². The van der Waals surface area contributed by atoms with Crippen molar-refractivity contribution in [2.24, 2.45) is 0 Å². The maximum absolute atomic E-state index is 5.92. The van der Waals surface area contributed by atoms with Crippen molar-refractivity contribution in [3.63, 3.8) is 0 Å². The van der Waals surface area contributed by atoms with Gasteiger partial charge in [-0.05, 0) is 23.8 Å². The van der Waals surface area contributed by atoms with Gasteiger partial charge in [-0.2, -0.15) is 11.8 Å². The Morgan fingerprint density at radius 2 is 1.85 bits per heavy atom. The standard InChI is InChI=1S/C10H9Cl2S/c1-6-5-13-10(6)7-2-8(11)4-9(12)3-7/h2-4,10H,5H2,1H3. The average Bonchev–Trinajstić information content (AvgIpc) is 1.99. The van der Waals surface area contributed by atoms with Gasteiger partial charge in [-0.1, -0.05) is 30.1 Å². The van der Waals surface area contributed by atoms with E-state index in [0.717, 1.165) is 15.8 Å². The van der Waals surface area contributed by atoms with E-state index < -0.39 is 0 Å². The lowest BCUT2D eigenvalue weighted by Gasteiger charge is -2.33. The summed E-state index contributed by atoms with van der Waals surface area (Å²) >= 11 is 13.8. The van der Waals surface area contributed by atoms with E-state index in [2.05, 4.69) is 6.92 Å². The predicted octanol–water partition coefficient (Wildman–Crippen LogP) is 4.38. The van der Waals surface area contributed by atoms with E-state index in [0.29, 0.717) is 5.25 Å². The third-order valence-electron chi connectivity index (χ3n) is 2.11. The summed E-state index contributed by atoms with van der Waals surface area (Å²) in [7, 11) is 0. The molecular formula is C10H9Cl2S. The Balaban J connectivity index is 2.29. The van der Waals surface area contributed by atoms with Crippen LogP contribution in [-0.4, -0.2) is 5.75 Å². The molecule has 0 saturated carbocycles. The SMILES string of the molecule is C[C]1CSC1c1cc(Cl)cc(Cl)c1. The second kappa shape index (κ2) is 3.72. The zero-order chi connectivity index (χ0) is 9.42. The summed E-state index contributed by atoms with van der Waals surface area (Å²) in [6, 6.07) is 5.76. The Morgan fingerprint density at radius 3 is 2.23 bits per heavy atom. The number of hydrogen-bond acceptors (Lipinski definition) is 1. The van der Waals surface area contributed by atoms with Crippen LogP contribution in [0, 0.1) is 5.92 Å². The van der Waals surface area contributed by atoms with Crippen molar-refractivity contribution in [2.75, 3.05) is 5.75 Å². The van der Waals surface area contributed by atoms with E-state index in [9.17, 15) is 0 Å². The highest BCUT2D eigenvalue weighted by Crippen LogP contribution is 2.49. The van der Waals surface area contributed by atoms with Gasteiger partial charge in [-0.15, -0.1) is 0 Å². The molecule has 0 nitrogen and oxygen atoms in total. The zero-order valence-corrected chi connectivity index (χ0v) is 9.51. The maximum atomic E-state index is 5.92. The molecule has 0 spiro atoms. The Labute approximate surface area is 92.6 Å². The van der Waals surface area contributed by atoms with Crippen LogP contribution in [0.2, 0.25) is 10.0 Å². The van der Waals surface area contributed by atoms with E-state index in [4.69, 9.17) is 23.2 Å². The summed E-state index contributed by atoms with van der Waals surface area (Å²) in [4.78, 5) is 0. The highest BCUT2D eigenvalue weighted by atomic mass is 35.5. The van der Waals surface area contributed by atoms with Gasteiger partial charge < -0.3 is 0 Å². The topological polar surface area (TPSA) is 0 Å². The number of halogens is 2. The molecule has 1 radical (unpaired) electrons. The Morgan fingerprint density at radius 1 is 1.23 bits per heavy atom. The fourth-order valence-corrected chi connectivity index (χ4v) is 2.98. The van der Waals surface area contributed by atoms with Crippen LogP contribution in [0.3, 0.4) is 0 Å². The smallest absolute Gasteiger partial charge is 0.0423 e. The molecule has 1 aliphatic rings. The first-order valence-electron chi connectivity index (χ1n) is 4.07. The number of thioether (sulfide) groups is 1. The summed E-state index contributed by atoms with van der Waals surface area (Å²) in [5.74, 6) is 2.66. The van der Waals surface area contributed by atoms with Crippen LogP contribution >= 0.6 is 35.0 Å². The molecule has 1 heterocycles. The van der Waals surface area contributed by atoms with Gasteiger partial charge in [0.2, 0.25) is 0 Å². The molecule has 1 aromatic rings. The monoisotopic (exact) mass is 231 g/mol. The second-order valence-electron chi connectivity index (χ2n) is 3.24. The van der Waals surface area contributed by atoms with Crippen LogP contribution in [0.15, 0.2) is 18.2 Å². The van der Waals surface area contributed by atoms with Gasteiger partial charge in [0.25, 0.3) is 0 Å². The van der Waals surface area contributed by atoms with E-state index >= 15 is 0 Å². The van der Waals surface area contributed by atoms with E-state index in [1.165, 1.54) is 11.5 Å². The molecule has 0 bridgehead atoms. The van der Waals surface area contributed by atoms with Crippen LogP contribution in [0.4, 0.5) is 0 Å². The van der Waals surface area contributed by atoms with Gasteiger partial charge in [0, 0.05) is 27.0 Å². The van der Waals surface area contributed by atoms with Crippen LogP contribution in [0.1, 0.15) is 17.7 Å². The van der Waals surface area contributed by atoms with Crippen LogP contribution in [-0.2, 0) is 0 Å². The van der Waals surface area contributed by atoms with Gasteiger partial charge in [-0.25, -0.2) is 0 Å². The average molecular weight is 232 g/mol. The molecule has 1 aromatic carbocycles. The summed E-state index contributed by atoms with van der Waals surface area (Å²) in [6.07, 6.45) is 0. The highest BCUT2D eigenvalue weighted by Gasteiger charge is 2.29. The third kappa shape index (κ3) is 1.98. The minimum absolute atomic E-state index is 0.510. The fraction of sp³-hybridized carbons (Fsp3) is 0.300. The maximum Gasteiger partial charge on any atom is 0.0423 e. The van der Waals surface area contributed by atoms with Gasteiger partial charge in [0.15, 0.2) is 0 Å². The molecule has 1 unspecified atom stereocenters. The summed E-state index contributed by atoms with van der Waals surface area (Å²) < 4.78 is 0. The van der Waals surface area contributed by atoms with E-state index in [1.54, 1.807) is 6.07 Å². The van der Waals surface area contributed by atoms with Crippen molar-refractivity contribution >= 4 is 35.0 Å². The van der Waals surface area contributed by atoms with Crippen LogP contribution < -0.4 is 0 Å². The molecule has 1 atom stereocenters. The lowest BCUT2D eigenvalue weighted by Crippen LogP contribution is -2.17.